The smallest absolute Gasteiger partial charge is 0.234 e. The zero-order valence-corrected chi connectivity index (χ0v) is 14.5. The first-order valence-corrected chi connectivity index (χ1v) is 9.84. The number of hydrogen-bond acceptors (Lipinski definition) is 4. The van der Waals surface area contributed by atoms with Crippen molar-refractivity contribution in [3.8, 4) is 0 Å². The molecule has 1 aromatic carbocycles. The molecule has 1 aromatic rings. The lowest BCUT2D eigenvalue weighted by atomic mass is 10.1. The van der Waals surface area contributed by atoms with Gasteiger partial charge in [0.1, 0.15) is 0 Å². The number of rotatable bonds is 5. The first-order valence-electron chi connectivity index (χ1n) is 8.69. The van der Waals surface area contributed by atoms with Crippen molar-refractivity contribution in [1.29, 1.82) is 0 Å². The fraction of sp³-hybridized carbons (Fsp3) is 0.611. The standard InChI is InChI=1S/C18H27N3OS/c19-18(22)17-7-2-9-21(17)13-14-4-1-5-16(12-14)20-15-6-3-10-23-11-8-15/h1,4-5,12,15,17,20H,2-3,6-11,13H2,(H2,19,22)/t15-,17+/m1/s1. The lowest BCUT2D eigenvalue weighted by molar-refractivity contribution is -0.122. The summed E-state index contributed by atoms with van der Waals surface area (Å²) in [6, 6.07) is 9.13. The van der Waals surface area contributed by atoms with Crippen LogP contribution in [0.25, 0.3) is 0 Å². The van der Waals surface area contributed by atoms with E-state index < -0.39 is 0 Å². The van der Waals surface area contributed by atoms with Gasteiger partial charge in [-0.15, -0.1) is 0 Å². The third-order valence-corrected chi connectivity index (χ3v) is 5.93. The molecule has 2 aliphatic heterocycles. The molecule has 23 heavy (non-hydrogen) atoms. The van der Waals surface area contributed by atoms with Gasteiger partial charge in [0, 0.05) is 18.3 Å². The highest BCUT2D eigenvalue weighted by Crippen LogP contribution is 2.23. The molecule has 0 spiro atoms. The van der Waals surface area contributed by atoms with Gasteiger partial charge >= 0.3 is 0 Å². The van der Waals surface area contributed by atoms with Gasteiger partial charge in [-0.25, -0.2) is 0 Å². The van der Waals surface area contributed by atoms with Gasteiger partial charge in [-0.2, -0.15) is 11.8 Å². The number of nitrogens with one attached hydrogen (secondary N) is 1. The fourth-order valence-corrected chi connectivity index (χ4v) is 4.64. The maximum atomic E-state index is 11.5. The molecule has 0 aliphatic carbocycles. The molecule has 0 aromatic heterocycles. The Bertz CT molecular complexity index is 529. The number of hydrogen-bond donors (Lipinski definition) is 2. The molecule has 0 radical (unpaired) electrons. The van der Waals surface area contributed by atoms with E-state index in [-0.39, 0.29) is 11.9 Å². The Hall–Kier alpha value is -1.20. The van der Waals surface area contributed by atoms with Crippen LogP contribution in [0.2, 0.25) is 0 Å². The summed E-state index contributed by atoms with van der Waals surface area (Å²) in [5.74, 6) is 2.36. The van der Waals surface area contributed by atoms with Crippen LogP contribution in [0.15, 0.2) is 24.3 Å². The fourth-order valence-electron chi connectivity index (χ4n) is 3.62. The van der Waals surface area contributed by atoms with Crippen molar-refractivity contribution in [2.45, 2.75) is 50.7 Å². The Morgan fingerprint density at radius 2 is 2.17 bits per heavy atom. The molecule has 2 heterocycles. The molecule has 3 N–H and O–H groups in total. The number of primary amides is 1. The molecular formula is C18H27N3OS. The number of benzene rings is 1. The number of carbonyl (C=O) groups excluding carboxylic acids is 1. The second-order valence-corrected chi connectivity index (χ2v) is 7.84. The van der Waals surface area contributed by atoms with Gasteiger partial charge in [0.25, 0.3) is 0 Å². The highest BCUT2D eigenvalue weighted by molar-refractivity contribution is 7.99. The predicted octanol–water partition coefficient (Wildman–Crippen LogP) is 2.83. The Morgan fingerprint density at radius 3 is 3.04 bits per heavy atom. The lowest BCUT2D eigenvalue weighted by Gasteiger charge is -2.23. The van der Waals surface area contributed by atoms with Gasteiger partial charge in [-0.05, 0) is 67.9 Å². The third kappa shape index (κ3) is 4.64. The molecule has 2 aliphatic rings. The summed E-state index contributed by atoms with van der Waals surface area (Å²) >= 11 is 2.07. The average molecular weight is 334 g/mol. The van der Waals surface area contributed by atoms with Gasteiger partial charge in [0.15, 0.2) is 0 Å². The molecule has 2 saturated heterocycles. The summed E-state index contributed by atoms with van der Waals surface area (Å²) in [7, 11) is 0. The van der Waals surface area contributed by atoms with E-state index in [1.165, 1.54) is 42.0 Å². The Morgan fingerprint density at radius 1 is 1.26 bits per heavy atom. The quantitative estimate of drug-likeness (QED) is 0.870. The maximum Gasteiger partial charge on any atom is 0.234 e. The Kier molecular flexibility index (Phi) is 5.84. The Labute approximate surface area is 143 Å². The second kappa shape index (κ2) is 8.06. The maximum absolute atomic E-state index is 11.5. The normalized spacial score (nSPS) is 25.9. The number of amides is 1. The molecule has 0 bridgehead atoms. The molecule has 2 atom stereocenters. The number of nitrogens with zero attached hydrogens (tertiary/aromatic N) is 1. The highest BCUT2D eigenvalue weighted by Gasteiger charge is 2.28. The minimum Gasteiger partial charge on any atom is -0.382 e. The minimum absolute atomic E-state index is 0.0921. The van der Waals surface area contributed by atoms with Crippen molar-refractivity contribution in [1.82, 2.24) is 4.90 Å². The van der Waals surface area contributed by atoms with Crippen LogP contribution in [0, 0.1) is 0 Å². The molecule has 4 nitrogen and oxygen atoms in total. The van der Waals surface area contributed by atoms with Gasteiger partial charge in [-0.1, -0.05) is 12.1 Å². The van der Waals surface area contributed by atoms with E-state index in [1.807, 2.05) is 0 Å². The average Bonchev–Trinajstić information content (AvgIpc) is 2.84. The van der Waals surface area contributed by atoms with Crippen molar-refractivity contribution in [2.75, 3.05) is 23.4 Å². The van der Waals surface area contributed by atoms with E-state index in [0.717, 1.165) is 25.9 Å². The molecule has 0 saturated carbocycles. The first kappa shape index (κ1) is 16.7. The monoisotopic (exact) mass is 333 g/mol. The van der Waals surface area contributed by atoms with Crippen LogP contribution in [-0.4, -0.2) is 40.9 Å². The number of anilines is 1. The highest BCUT2D eigenvalue weighted by atomic mass is 32.2. The molecule has 3 rings (SSSR count). The van der Waals surface area contributed by atoms with E-state index in [0.29, 0.717) is 6.04 Å². The summed E-state index contributed by atoms with van der Waals surface area (Å²) in [5, 5.41) is 3.70. The lowest BCUT2D eigenvalue weighted by Crippen LogP contribution is -2.39. The summed E-state index contributed by atoms with van der Waals surface area (Å²) in [4.78, 5) is 13.7. The number of nitrogens with two attached hydrogens (primary N) is 1. The molecule has 1 amide bonds. The van der Waals surface area contributed by atoms with Crippen LogP contribution >= 0.6 is 11.8 Å². The SMILES string of the molecule is NC(=O)[C@@H]1CCCN1Cc1cccc(N[C@@H]2CCCSCC2)c1. The van der Waals surface area contributed by atoms with Crippen molar-refractivity contribution in [3.05, 3.63) is 29.8 Å². The number of carbonyl (C=O) groups is 1. The summed E-state index contributed by atoms with van der Waals surface area (Å²) < 4.78 is 0. The molecule has 126 valence electrons. The molecule has 5 heteroatoms. The van der Waals surface area contributed by atoms with Gasteiger partial charge in [0.2, 0.25) is 5.91 Å². The molecular weight excluding hydrogens is 306 g/mol. The van der Waals surface area contributed by atoms with E-state index in [2.05, 4.69) is 46.2 Å². The van der Waals surface area contributed by atoms with Gasteiger partial charge in [-0.3, -0.25) is 9.69 Å². The van der Waals surface area contributed by atoms with Gasteiger partial charge in [0.05, 0.1) is 6.04 Å². The Balaban J connectivity index is 1.61. The largest absolute Gasteiger partial charge is 0.382 e. The van der Waals surface area contributed by atoms with Crippen molar-refractivity contribution >= 4 is 23.4 Å². The first-order chi connectivity index (χ1) is 11.2. The number of likely N-dealkylation sites (tertiary alicyclic amines) is 1. The minimum atomic E-state index is -0.187. The van der Waals surface area contributed by atoms with E-state index in [1.54, 1.807) is 0 Å². The van der Waals surface area contributed by atoms with Crippen molar-refractivity contribution in [3.63, 3.8) is 0 Å². The van der Waals surface area contributed by atoms with Crippen LogP contribution in [0.3, 0.4) is 0 Å². The summed E-state index contributed by atoms with van der Waals surface area (Å²) in [6.45, 7) is 1.77. The van der Waals surface area contributed by atoms with E-state index in [4.69, 9.17) is 5.73 Å². The zero-order valence-electron chi connectivity index (χ0n) is 13.7. The topological polar surface area (TPSA) is 58.4 Å². The van der Waals surface area contributed by atoms with Gasteiger partial charge < -0.3 is 11.1 Å². The summed E-state index contributed by atoms with van der Waals surface area (Å²) in [5.41, 5.74) is 7.97. The third-order valence-electron chi connectivity index (χ3n) is 4.83. The van der Waals surface area contributed by atoms with E-state index >= 15 is 0 Å². The van der Waals surface area contributed by atoms with Crippen molar-refractivity contribution in [2.24, 2.45) is 5.73 Å². The van der Waals surface area contributed by atoms with Crippen LogP contribution < -0.4 is 11.1 Å². The van der Waals surface area contributed by atoms with Crippen LogP contribution in [-0.2, 0) is 11.3 Å². The van der Waals surface area contributed by atoms with Crippen LogP contribution in [0.1, 0.15) is 37.7 Å². The van der Waals surface area contributed by atoms with Crippen molar-refractivity contribution < 1.29 is 4.79 Å². The van der Waals surface area contributed by atoms with Crippen LogP contribution in [0.4, 0.5) is 5.69 Å². The summed E-state index contributed by atoms with van der Waals surface area (Å²) in [6.07, 6.45) is 5.76. The van der Waals surface area contributed by atoms with Crippen LogP contribution in [0.5, 0.6) is 0 Å². The predicted molar refractivity (Wildman–Crippen MR) is 97.7 cm³/mol. The van der Waals surface area contributed by atoms with E-state index in [9.17, 15) is 4.79 Å². The zero-order chi connectivity index (χ0) is 16.1. The molecule has 2 fully saturated rings. The molecule has 0 unspecified atom stereocenters. The second-order valence-electron chi connectivity index (χ2n) is 6.62. The number of thioether (sulfide) groups is 1.